The normalized spacial score (nSPS) is 10.8. The fraction of sp³-hybridized carbons (Fsp3) is 0.231. The summed E-state index contributed by atoms with van der Waals surface area (Å²) >= 11 is 1.51. The van der Waals surface area contributed by atoms with Crippen molar-refractivity contribution in [1.82, 2.24) is 9.88 Å². The standard InChI is InChI=1S/C13H14N2OS/c1-15(2)8-12(16)11-9-17-13(14-11)10-6-4-3-5-7-10/h3-7,9H,8H2,1-2H3. The Bertz CT molecular complexity index is 505. The summed E-state index contributed by atoms with van der Waals surface area (Å²) < 4.78 is 0. The molecule has 1 aromatic heterocycles. The monoisotopic (exact) mass is 246 g/mol. The van der Waals surface area contributed by atoms with Gasteiger partial charge >= 0.3 is 0 Å². The smallest absolute Gasteiger partial charge is 0.195 e. The van der Waals surface area contributed by atoms with E-state index in [0.717, 1.165) is 10.6 Å². The van der Waals surface area contributed by atoms with Gasteiger partial charge in [0, 0.05) is 10.9 Å². The molecule has 0 atom stereocenters. The van der Waals surface area contributed by atoms with E-state index < -0.39 is 0 Å². The van der Waals surface area contributed by atoms with Crippen molar-refractivity contribution >= 4 is 17.1 Å². The molecule has 0 radical (unpaired) electrons. The Kier molecular flexibility index (Phi) is 3.66. The van der Waals surface area contributed by atoms with Crippen LogP contribution in [-0.2, 0) is 0 Å². The van der Waals surface area contributed by atoms with Gasteiger partial charge in [-0.1, -0.05) is 30.3 Å². The van der Waals surface area contributed by atoms with Crippen molar-refractivity contribution in [1.29, 1.82) is 0 Å². The maximum Gasteiger partial charge on any atom is 0.195 e. The van der Waals surface area contributed by atoms with Crippen molar-refractivity contribution < 1.29 is 4.79 Å². The molecule has 1 aromatic carbocycles. The van der Waals surface area contributed by atoms with E-state index in [0.29, 0.717) is 12.2 Å². The van der Waals surface area contributed by atoms with Gasteiger partial charge in [0.2, 0.25) is 0 Å². The van der Waals surface area contributed by atoms with Crippen LogP contribution in [0.25, 0.3) is 10.6 Å². The lowest BCUT2D eigenvalue weighted by Gasteiger charge is -2.05. The molecule has 0 N–H and O–H groups in total. The molecule has 88 valence electrons. The van der Waals surface area contributed by atoms with E-state index >= 15 is 0 Å². The van der Waals surface area contributed by atoms with Crippen LogP contribution in [0.3, 0.4) is 0 Å². The van der Waals surface area contributed by atoms with E-state index in [-0.39, 0.29) is 5.78 Å². The number of Topliss-reactive ketones (excluding diaryl/α,β-unsaturated/α-hetero) is 1. The van der Waals surface area contributed by atoms with Crippen molar-refractivity contribution in [3.8, 4) is 10.6 Å². The Balaban J connectivity index is 2.19. The van der Waals surface area contributed by atoms with Gasteiger partial charge in [-0.15, -0.1) is 11.3 Å². The third-order valence-electron chi connectivity index (χ3n) is 2.27. The summed E-state index contributed by atoms with van der Waals surface area (Å²) in [7, 11) is 3.75. The minimum absolute atomic E-state index is 0.0634. The Morgan fingerprint density at radius 1 is 1.29 bits per heavy atom. The van der Waals surface area contributed by atoms with Gasteiger partial charge in [0.1, 0.15) is 10.7 Å². The van der Waals surface area contributed by atoms with E-state index in [1.807, 2.05) is 54.7 Å². The maximum absolute atomic E-state index is 11.8. The fourth-order valence-electron chi connectivity index (χ4n) is 1.48. The van der Waals surface area contributed by atoms with Crippen molar-refractivity contribution in [2.24, 2.45) is 0 Å². The number of carbonyl (C=O) groups is 1. The second-order valence-corrected chi connectivity index (χ2v) is 4.92. The summed E-state index contributed by atoms with van der Waals surface area (Å²) in [5.74, 6) is 0.0634. The largest absolute Gasteiger partial charge is 0.302 e. The highest BCUT2D eigenvalue weighted by atomic mass is 32.1. The summed E-state index contributed by atoms with van der Waals surface area (Å²) in [6, 6.07) is 9.91. The first kappa shape index (κ1) is 12.0. The van der Waals surface area contributed by atoms with Crippen LogP contribution in [0.1, 0.15) is 10.5 Å². The predicted molar refractivity (Wildman–Crippen MR) is 70.4 cm³/mol. The van der Waals surface area contributed by atoms with Crippen LogP contribution in [-0.4, -0.2) is 36.3 Å². The average Bonchev–Trinajstić information content (AvgIpc) is 2.78. The summed E-state index contributed by atoms with van der Waals surface area (Å²) in [6.45, 7) is 0.401. The van der Waals surface area contributed by atoms with E-state index in [4.69, 9.17) is 0 Å². The molecule has 0 unspecified atom stereocenters. The van der Waals surface area contributed by atoms with Gasteiger partial charge < -0.3 is 4.90 Å². The van der Waals surface area contributed by atoms with Crippen LogP contribution in [0, 0.1) is 0 Å². The molecule has 0 aliphatic rings. The minimum atomic E-state index is 0.0634. The van der Waals surface area contributed by atoms with Gasteiger partial charge in [0.05, 0.1) is 6.54 Å². The molecule has 2 rings (SSSR count). The maximum atomic E-state index is 11.8. The second-order valence-electron chi connectivity index (χ2n) is 4.06. The van der Waals surface area contributed by atoms with Crippen LogP contribution in [0.2, 0.25) is 0 Å². The predicted octanol–water partition coefficient (Wildman–Crippen LogP) is 2.55. The summed E-state index contributed by atoms with van der Waals surface area (Å²) in [5, 5.41) is 2.72. The molecule has 17 heavy (non-hydrogen) atoms. The van der Waals surface area contributed by atoms with Gasteiger partial charge in [-0.2, -0.15) is 0 Å². The number of hydrogen-bond acceptors (Lipinski definition) is 4. The molecular formula is C13H14N2OS. The first-order chi connectivity index (χ1) is 8.16. The van der Waals surface area contributed by atoms with Crippen molar-refractivity contribution in [3.05, 3.63) is 41.4 Å². The molecule has 0 saturated carbocycles. The zero-order chi connectivity index (χ0) is 12.3. The number of hydrogen-bond donors (Lipinski definition) is 0. The lowest BCUT2D eigenvalue weighted by Crippen LogP contribution is -2.21. The Labute approximate surface area is 105 Å². The molecule has 1 heterocycles. The van der Waals surface area contributed by atoms with Gasteiger partial charge in [-0.05, 0) is 14.1 Å². The molecule has 4 heteroatoms. The van der Waals surface area contributed by atoms with E-state index in [9.17, 15) is 4.79 Å². The molecule has 0 spiro atoms. The zero-order valence-corrected chi connectivity index (χ0v) is 10.7. The number of rotatable bonds is 4. The quantitative estimate of drug-likeness (QED) is 0.777. The number of thiazole rings is 1. The average molecular weight is 246 g/mol. The molecule has 0 fully saturated rings. The van der Waals surface area contributed by atoms with Gasteiger partial charge in [0.25, 0.3) is 0 Å². The molecule has 0 bridgehead atoms. The minimum Gasteiger partial charge on any atom is -0.302 e. The summed E-state index contributed by atoms with van der Waals surface area (Å²) in [6.07, 6.45) is 0. The topological polar surface area (TPSA) is 33.2 Å². The number of likely N-dealkylation sites (N-methyl/N-ethyl adjacent to an activating group) is 1. The number of carbonyl (C=O) groups excluding carboxylic acids is 1. The molecule has 0 saturated heterocycles. The lowest BCUT2D eigenvalue weighted by molar-refractivity contribution is 0.0953. The van der Waals surface area contributed by atoms with Crippen LogP contribution in [0.4, 0.5) is 0 Å². The van der Waals surface area contributed by atoms with Gasteiger partial charge in [0.15, 0.2) is 5.78 Å². The third-order valence-corrected chi connectivity index (χ3v) is 3.16. The van der Waals surface area contributed by atoms with E-state index in [1.54, 1.807) is 0 Å². The molecule has 3 nitrogen and oxygen atoms in total. The Morgan fingerprint density at radius 3 is 2.65 bits per heavy atom. The van der Waals surface area contributed by atoms with E-state index in [2.05, 4.69) is 4.98 Å². The summed E-state index contributed by atoms with van der Waals surface area (Å²) in [4.78, 5) is 18.0. The number of aromatic nitrogens is 1. The van der Waals surface area contributed by atoms with Gasteiger partial charge in [-0.3, -0.25) is 4.79 Å². The first-order valence-electron chi connectivity index (χ1n) is 5.35. The Hall–Kier alpha value is -1.52. The number of nitrogens with zero attached hydrogens (tertiary/aromatic N) is 2. The number of benzene rings is 1. The first-order valence-corrected chi connectivity index (χ1v) is 6.23. The zero-order valence-electron chi connectivity index (χ0n) is 9.88. The molecule has 0 aliphatic heterocycles. The van der Waals surface area contributed by atoms with Crippen molar-refractivity contribution in [2.45, 2.75) is 0 Å². The van der Waals surface area contributed by atoms with Gasteiger partial charge in [-0.25, -0.2) is 4.98 Å². The SMILES string of the molecule is CN(C)CC(=O)c1csc(-c2ccccc2)n1. The highest BCUT2D eigenvalue weighted by Gasteiger charge is 2.12. The van der Waals surface area contributed by atoms with Crippen LogP contribution >= 0.6 is 11.3 Å². The third kappa shape index (κ3) is 2.99. The van der Waals surface area contributed by atoms with Crippen LogP contribution < -0.4 is 0 Å². The molecule has 0 amide bonds. The van der Waals surface area contributed by atoms with Crippen molar-refractivity contribution in [3.63, 3.8) is 0 Å². The summed E-state index contributed by atoms with van der Waals surface area (Å²) in [5.41, 5.74) is 1.61. The second kappa shape index (κ2) is 5.21. The lowest BCUT2D eigenvalue weighted by atomic mass is 10.2. The molecular weight excluding hydrogens is 232 g/mol. The molecule has 2 aromatic rings. The van der Waals surface area contributed by atoms with Crippen LogP contribution in [0.5, 0.6) is 0 Å². The van der Waals surface area contributed by atoms with E-state index in [1.165, 1.54) is 11.3 Å². The van der Waals surface area contributed by atoms with Crippen LogP contribution in [0.15, 0.2) is 35.7 Å². The van der Waals surface area contributed by atoms with Crippen molar-refractivity contribution in [2.75, 3.05) is 20.6 Å². The highest BCUT2D eigenvalue weighted by Crippen LogP contribution is 2.23. The molecule has 0 aliphatic carbocycles. The Morgan fingerprint density at radius 2 is 2.00 bits per heavy atom. The highest BCUT2D eigenvalue weighted by molar-refractivity contribution is 7.13. The fourth-order valence-corrected chi connectivity index (χ4v) is 2.31. The number of ketones is 1.